The van der Waals surface area contributed by atoms with Crippen molar-refractivity contribution in [2.24, 2.45) is 5.10 Å². The quantitative estimate of drug-likeness (QED) is 0.565. The van der Waals surface area contributed by atoms with Gasteiger partial charge >= 0.3 is 5.97 Å². The molecule has 0 aliphatic carbocycles. The van der Waals surface area contributed by atoms with Gasteiger partial charge in [0.2, 0.25) is 0 Å². The third-order valence-electron chi connectivity index (χ3n) is 3.01. The highest BCUT2D eigenvalue weighted by molar-refractivity contribution is 5.83. The van der Waals surface area contributed by atoms with Crippen LogP contribution in [0.5, 0.6) is 11.5 Å². The first-order valence-corrected chi connectivity index (χ1v) is 7.49. The number of hydrogen-bond donors (Lipinski definition) is 2. The van der Waals surface area contributed by atoms with Gasteiger partial charge in [0, 0.05) is 0 Å². The highest BCUT2D eigenvalue weighted by Crippen LogP contribution is 2.12. The van der Waals surface area contributed by atoms with Gasteiger partial charge in [-0.2, -0.15) is 5.10 Å². The molecule has 2 aromatic rings. The van der Waals surface area contributed by atoms with Gasteiger partial charge in [-0.05, 0) is 36.8 Å². The number of nitrogens with one attached hydrogen (secondary N) is 1. The van der Waals surface area contributed by atoms with Crippen LogP contribution in [0.3, 0.4) is 0 Å². The second kappa shape index (κ2) is 9.07. The number of carboxylic acids is 1. The van der Waals surface area contributed by atoms with Gasteiger partial charge in [-0.3, -0.25) is 4.79 Å². The lowest BCUT2D eigenvalue weighted by atomic mass is 10.2. The molecule has 0 saturated carbocycles. The van der Waals surface area contributed by atoms with Crippen molar-refractivity contribution in [3.8, 4) is 11.5 Å². The lowest BCUT2D eigenvalue weighted by molar-refractivity contribution is -0.139. The van der Waals surface area contributed by atoms with Crippen molar-refractivity contribution in [1.82, 2.24) is 5.43 Å². The Bertz CT molecular complexity index is 756. The summed E-state index contributed by atoms with van der Waals surface area (Å²) < 4.78 is 10.4. The van der Waals surface area contributed by atoms with Crippen LogP contribution in [0, 0.1) is 6.92 Å². The van der Waals surface area contributed by atoms with Gasteiger partial charge in [0.1, 0.15) is 11.5 Å². The fraction of sp³-hybridized carbons (Fsp3) is 0.167. The Morgan fingerprint density at radius 2 is 1.80 bits per heavy atom. The summed E-state index contributed by atoms with van der Waals surface area (Å²) in [5, 5.41) is 12.4. The number of ether oxygens (including phenoxy) is 2. The van der Waals surface area contributed by atoms with Crippen LogP contribution in [0.25, 0.3) is 0 Å². The summed E-state index contributed by atoms with van der Waals surface area (Å²) in [4.78, 5) is 22.2. The minimum Gasteiger partial charge on any atom is -0.484 e. The maximum Gasteiger partial charge on any atom is 0.341 e. The first-order valence-electron chi connectivity index (χ1n) is 7.49. The van der Waals surface area contributed by atoms with Gasteiger partial charge in [-0.15, -0.1) is 0 Å². The molecule has 7 nitrogen and oxygen atoms in total. The number of carboxylic acid groups (broad SMARTS) is 1. The zero-order valence-electron chi connectivity index (χ0n) is 13.6. The Morgan fingerprint density at radius 3 is 2.52 bits per heavy atom. The molecular formula is C18H18N2O5. The van der Waals surface area contributed by atoms with Crippen LogP contribution in [-0.4, -0.2) is 36.4 Å². The molecule has 7 heteroatoms. The van der Waals surface area contributed by atoms with Gasteiger partial charge < -0.3 is 14.6 Å². The molecule has 1 amide bonds. The van der Waals surface area contributed by atoms with Crippen molar-refractivity contribution < 1.29 is 24.2 Å². The van der Waals surface area contributed by atoms with Crippen LogP contribution < -0.4 is 14.9 Å². The van der Waals surface area contributed by atoms with Gasteiger partial charge in [0.15, 0.2) is 13.2 Å². The fourth-order valence-electron chi connectivity index (χ4n) is 1.82. The lowest BCUT2D eigenvalue weighted by Crippen LogP contribution is -2.24. The lowest BCUT2D eigenvalue weighted by Gasteiger charge is -2.05. The standard InChI is InChI=1S/C18H18N2O5/c1-13-5-7-15(8-6-13)24-11-17(21)20-19-10-14-3-2-4-16(9-14)25-12-18(22)23/h2-10H,11-12H2,1H3,(H,20,21)(H,22,23). The fourth-order valence-corrected chi connectivity index (χ4v) is 1.82. The van der Waals surface area contributed by atoms with Crippen LogP contribution in [0.15, 0.2) is 53.6 Å². The van der Waals surface area contributed by atoms with Gasteiger partial charge in [0.05, 0.1) is 6.21 Å². The predicted molar refractivity (Wildman–Crippen MR) is 92.0 cm³/mol. The average molecular weight is 342 g/mol. The normalized spacial score (nSPS) is 10.4. The number of amides is 1. The van der Waals surface area contributed by atoms with E-state index in [-0.39, 0.29) is 6.61 Å². The predicted octanol–water partition coefficient (Wildman–Crippen LogP) is 1.99. The van der Waals surface area contributed by atoms with E-state index in [9.17, 15) is 9.59 Å². The molecule has 0 saturated heterocycles. The monoisotopic (exact) mass is 342 g/mol. The molecule has 2 rings (SSSR count). The van der Waals surface area contributed by atoms with E-state index in [2.05, 4.69) is 10.5 Å². The molecule has 0 heterocycles. The Labute approximate surface area is 144 Å². The van der Waals surface area contributed by atoms with Crippen LogP contribution in [0.2, 0.25) is 0 Å². The molecule has 0 spiro atoms. The molecule has 0 unspecified atom stereocenters. The first kappa shape index (κ1) is 18.0. The molecule has 0 aliphatic heterocycles. The third-order valence-corrected chi connectivity index (χ3v) is 3.01. The van der Waals surface area contributed by atoms with E-state index in [1.807, 2.05) is 19.1 Å². The molecular weight excluding hydrogens is 324 g/mol. The minimum atomic E-state index is -1.06. The zero-order chi connectivity index (χ0) is 18.1. The number of aryl methyl sites for hydroxylation is 1. The number of benzene rings is 2. The first-order chi connectivity index (χ1) is 12.0. The molecule has 2 aromatic carbocycles. The summed E-state index contributed by atoms with van der Waals surface area (Å²) in [6.45, 7) is 1.39. The third kappa shape index (κ3) is 6.74. The Balaban J connectivity index is 1.79. The van der Waals surface area contributed by atoms with E-state index >= 15 is 0 Å². The molecule has 25 heavy (non-hydrogen) atoms. The Hall–Kier alpha value is -3.35. The number of carbonyl (C=O) groups is 2. The van der Waals surface area contributed by atoms with Gasteiger partial charge in [0.25, 0.3) is 5.91 Å². The van der Waals surface area contributed by atoms with E-state index < -0.39 is 18.5 Å². The van der Waals surface area contributed by atoms with E-state index in [4.69, 9.17) is 14.6 Å². The number of nitrogens with zero attached hydrogens (tertiary/aromatic N) is 1. The van der Waals surface area contributed by atoms with Crippen molar-refractivity contribution in [1.29, 1.82) is 0 Å². The second-order valence-corrected chi connectivity index (χ2v) is 5.15. The second-order valence-electron chi connectivity index (χ2n) is 5.15. The average Bonchev–Trinajstić information content (AvgIpc) is 2.60. The number of rotatable bonds is 8. The maximum absolute atomic E-state index is 11.7. The number of aliphatic carboxylic acids is 1. The van der Waals surface area contributed by atoms with E-state index in [0.717, 1.165) is 5.56 Å². The summed E-state index contributed by atoms with van der Waals surface area (Å²) in [5.74, 6) is -0.441. The van der Waals surface area contributed by atoms with Crippen LogP contribution in [0.1, 0.15) is 11.1 Å². The molecule has 130 valence electrons. The molecule has 0 aliphatic rings. The number of carbonyl (C=O) groups excluding carboxylic acids is 1. The van der Waals surface area contributed by atoms with E-state index in [0.29, 0.717) is 17.1 Å². The summed E-state index contributed by atoms with van der Waals surface area (Å²) in [6.07, 6.45) is 1.43. The molecule has 2 N–H and O–H groups in total. The van der Waals surface area contributed by atoms with Crippen molar-refractivity contribution in [2.75, 3.05) is 13.2 Å². The number of hydrogen-bond acceptors (Lipinski definition) is 5. The Kier molecular flexibility index (Phi) is 6.53. The van der Waals surface area contributed by atoms with Crippen molar-refractivity contribution >= 4 is 18.1 Å². The van der Waals surface area contributed by atoms with E-state index in [1.165, 1.54) is 6.21 Å². The summed E-state index contributed by atoms with van der Waals surface area (Å²) in [5.41, 5.74) is 4.12. The van der Waals surface area contributed by atoms with Crippen LogP contribution in [0.4, 0.5) is 0 Å². The van der Waals surface area contributed by atoms with Crippen LogP contribution in [-0.2, 0) is 9.59 Å². The van der Waals surface area contributed by atoms with Gasteiger partial charge in [-0.1, -0.05) is 29.8 Å². The minimum absolute atomic E-state index is 0.151. The summed E-state index contributed by atoms with van der Waals surface area (Å²) in [7, 11) is 0. The van der Waals surface area contributed by atoms with Crippen molar-refractivity contribution in [3.63, 3.8) is 0 Å². The highest BCUT2D eigenvalue weighted by atomic mass is 16.5. The molecule has 0 fully saturated rings. The Morgan fingerprint density at radius 1 is 1.08 bits per heavy atom. The molecule has 0 bridgehead atoms. The maximum atomic E-state index is 11.7. The highest BCUT2D eigenvalue weighted by Gasteiger charge is 2.02. The molecule has 0 atom stereocenters. The summed E-state index contributed by atoms with van der Waals surface area (Å²) in [6, 6.07) is 14.0. The largest absolute Gasteiger partial charge is 0.484 e. The summed E-state index contributed by atoms with van der Waals surface area (Å²) >= 11 is 0. The topological polar surface area (TPSA) is 97.2 Å². The van der Waals surface area contributed by atoms with Gasteiger partial charge in [-0.25, -0.2) is 10.2 Å². The SMILES string of the molecule is Cc1ccc(OCC(=O)NN=Cc2cccc(OCC(=O)O)c2)cc1. The molecule has 0 radical (unpaired) electrons. The van der Waals surface area contributed by atoms with Crippen molar-refractivity contribution in [3.05, 3.63) is 59.7 Å². The zero-order valence-corrected chi connectivity index (χ0v) is 13.6. The van der Waals surface area contributed by atoms with Crippen LogP contribution >= 0.6 is 0 Å². The van der Waals surface area contributed by atoms with Crippen molar-refractivity contribution in [2.45, 2.75) is 6.92 Å². The number of hydrazone groups is 1. The molecule has 0 aromatic heterocycles. The smallest absolute Gasteiger partial charge is 0.341 e. The van der Waals surface area contributed by atoms with E-state index in [1.54, 1.807) is 36.4 Å².